The third-order valence-corrected chi connectivity index (χ3v) is 3.86. The maximum absolute atomic E-state index is 10.9. The van der Waals surface area contributed by atoms with Gasteiger partial charge in [0.05, 0.1) is 5.69 Å². The lowest BCUT2D eigenvalue weighted by atomic mass is 10.1. The molecule has 1 aromatic rings. The van der Waals surface area contributed by atoms with Crippen molar-refractivity contribution in [1.29, 1.82) is 0 Å². The van der Waals surface area contributed by atoms with Gasteiger partial charge < -0.3 is 10.4 Å². The second-order valence-corrected chi connectivity index (χ2v) is 5.43. The van der Waals surface area contributed by atoms with Crippen LogP contribution in [0.3, 0.4) is 0 Å². The number of carbonyl (C=O) groups is 1. The minimum Gasteiger partial charge on any atom is -0.477 e. The molecule has 4 heteroatoms. The quantitative estimate of drug-likeness (QED) is 0.610. The zero-order valence-corrected chi connectivity index (χ0v) is 11.9. The van der Waals surface area contributed by atoms with Crippen LogP contribution in [-0.4, -0.2) is 17.6 Å². The first-order chi connectivity index (χ1) is 8.75. The molecule has 3 nitrogen and oxygen atoms in total. The highest BCUT2D eigenvalue weighted by molar-refractivity contribution is 7.12. The van der Waals surface area contributed by atoms with Gasteiger partial charge >= 0.3 is 5.97 Å². The number of rotatable bonds is 10. The summed E-state index contributed by atoms with van der Waals surface area (Å²) in [6, 6.07) is 1.84. The fourth-order valence-electron chi connectivity index (χ4n) is 1.92. The van der Waals surface area contributed by atoms with Crippen molar-refractivity contribution in [3.05, 3.63) is 16.3 Å². The first kappa shape index (κ1) is 15.0. The second kappa shape index (κ2) is 8.97. The van der Waals surface area contributed by atoms with E-state index in [4.69, 9.17) is 5.11 Å². The Hall–Kier alpha value is -1.03. The summed E-state index contributed by atoms with van der Waals surface area (Å²) in [5.41, 5.74) is 0.762. The first-order valence-corrected chi connectivity index (χ1v) is 7.68. The summed E-state index contributed by atoms with van der Waals surface area (Å²) in [5.74, 6) is -0.841. The summed E-state index contributed by atoms with van der Waals surface area (Å²) in [6.45, 7) is 3.09. The Morgan fingerprint density at radius 3 is 2.56 bits per heavy atom. The zero-order valence-electron chi connectivity index (χ0n) is 11.1. The number of carboxylic acids is 1. The average Bonchev–Trinajstić information content (AvgIpc) is 2.81. The maximum Gasteiger partial charge on any atom is 0.348 e. The molecule has 0 unspecified atom stereocenters. The number of hydrogen-bond donors (Lipinski definition) is 2. The minimum absolute atomic E-state index is 0.415. The molecule has 0 bridgehead atoms. The Morgan fingerprint density at radius 1 is 1.22 bits per heavy atom. The smallest absolute Gasteiger partial charge is 0.348 e. The molecule has 1 heterocycles. The van der Waals surface area contributed by atoms with Gasteiger partial charge in [0, 0.05) is 6.54 Å². The Bertz CT molecular complexity index is 349. The van der Waals surface area contributed by atoms with Gasteiger partial charge in [-0.25, -0.2) is 4.79 Å². The molecule has 0 spiro atoms. The summed E-state index contributed by atoms with van der Waals surface area (Å²) in [5, 5.41) is 14.0. The SMILES string of the molecule is CCCCCCCCCNc1ccsc1C(=O)O. The van der Waals surface area contributed by atoms with Gasteiger partial charge in [-0.05, 0) is 17.9 Å². The fraction of sp³-hybridized carbons (Fsp3) is 0.643. The highest BCUT2D eigenvalue weighted by atomic mass is 32.1. The van der Waals surface area contributed by atoms with Crippen LogP contribution in [0, 0.1) is 0 Å². The van der Waals surface area contributed by atoms with Gasteiger partial charge in [-0.2, -0.15) is 0 Å². The van der Waals surface area contributed by atoms with E-state index in [2.05, 4.69) is 12.2 Å². The molecule has 0 amide bonds. The van der Waals surface area contributed by atoms with Crippen LogP contribution >= 0.6 is 11.3 Å². The molecular weight excluding hydrogens is 246 g/mol. The van der Waals surface area contributed by atoms with Crippen LogP contribution in [0.25, 0.3) is 0 Å². The molecule has 0 aromatic carbocycles. The second-order valence-electron chi connectivity index (χ2n) is 4.52. The Labute approximate surface area is 113 Å². The molecule has 102 valence electrons. The standard InChI is InChI=1S/C14H23NO2S/c1-2-3-4-5-6-7-8-10-15-12-9-11-18-13(12)14(16)17/h9,11,15H,2-8,10H2,1H3,(H,16,17). The number of carboxylic acid groups (broad SMARTS) is 1. The van der Waals surface area contributed by atoms with E-state index in [0.29, 0.717) is 4.88 Å². The Kier molecular flexibility index (Phi) is 7.49. The minimum atomic E-state index is -0.841. The highest BCUT2D eigenvalue weighted by Crippen LogP contribution is 2.22. The van der Waals surface area contributed by atoms with Crippen molar-refractivity contribution in [2.45, 2.75) is 51.9 Å². The normalized spacial score (nSPS) is 10.5. The first-order valence-electron chi connectivity index (χ1n) is 6.80. The molecule has 0 radical (unpaired) electrons. The van der Waals surface area contributed by atoms with E-state index in [-0.39, 0.29) is 0 Å². The largest absolute Gasteiger partial charge is 0.477 e. The predicted octanol–water partition coefficient (Wildman–Crippen LogP) is 4.61. The van der Waals surface area contributed by atoms with Crippen molar-refractivity contribution in [3.63, 3.8) is 0 Å². The molecule has 1 aromatic heterocycles. The molecule has 0 aliphatic heterocycles. The summed E-state index contributed by atoms with van der Waals surface area (Å²) < 4.78 is 0. The van der Waals surface area contributed by atoms with Crippen LogP contribution in [-0.2, 0) is 0 Å². The van der Waals surface area contributed by atoms with Crippen molar-refractivity contribution in [1.82, 2.24) is 0 Å². The number of anilines is 1. The maximum atomic E-state index is 10.9. The van der Waals surface area contributed by atoms with Crippen molar-refractivity contribution < 1.29 is 9.90 Å². The van der Waals surface area contributed by atoms with Gasteiger partial charge in [0.25, 0.3) is 0 Å². The monoisotopic (exact) mass is 269 g/mol. The molecule has 1 rings (SSSR count). The molecule has 0 saturated carbocycles. The molecule has 2 N–H and O–H groups in total. The van der Waals surface area contributed by atoms with Crippen LogP contribution in [0.15, 0.2) is 11.4 Å². The number of nitrogens with one attached hydrogen (secondary N) is 1. The number of aromatic carboxylic acids is 1. The fourth-order valence-corrected chi connectivity index (χ4v) is 2.63. The van der Waals surface area contributed by atoms with Gasteiger partial charge in [-0.1, -0.05) is 45.4 Å². The third-order valence-electron chi connectivity index (χ3n) is 2.96. The topological polar surface area (TPSA) is 49.3 Å². The predicted molar refractivity (Wildman–Crippen MR) is 77.8 cm³/mol. The molecular formula is C14H23NO2S. The Morgan fingerprint density at radius 2 is 1.89 bits per heavy atom. The number of hydrogen-bond acceptors (Lipinski definition) is 3. The Balaban J connectivity index is 2.07. The lowest BCUT2D eigenvalue weighted by molar-refractivity contribution is 0.0703. The van der Waals surface area contributed by atoms with E-state index in [9.17, 15) is 4.79 Å². The summed E-state index contributed by atoms with van der Waals surface area (Å²) in [4.78, 5) is 11.3. The van der Waals surface area contributed by atoms with E-state index in [1.54, 1.807) is 0 Å². The van der Waals surface area contributed by atoms with Crippen molar-refractivity contribution in [3.8, 4) is 0 Å². The number of thiophene rings is 1. The lowest BCUT2D eigenvalue weighted by Gasteiger charge is -2.05. The van der Waals surface area contributed by atoms with Gasteiger partial charge in [0.1, 0.15) is 4.88 Å². The molecule has 0 aliphatic rings. The third kappa shape index (κ3) is 5.54. The van der Waals surface area contributed by atoms with Crippen molar-refractivity contribution in [2.24, 2.45) is 0 Å². The van der Waals surface area contributed by atoms with Gasteiger partial charge in [0.2, 0.25) is 0 Å². The molecule has 0 aliphatic carbocycles. The van der Waals surface area contributed by atoms with Gasteiger partial charge in [-0.3, -0.25) is 0 Å². The van der Waals surface area contributed by atoms with Crippen LogP contribution in [0.4, 0.5) is 5.69 Å². The molecule has 0 atom stereocenters. The summed E-state index contributed by atoms with van der Waals surface area (Å²) in [6.07, 6.45) is 8.93. The van der Waals surface area contributed by atoms with Crippen molar-refractivity contribution in [2.75, 3.05) is 11.9 Å². The number of unbranched alkanes of at least 4 members (excludes halogenated alkanes) is 6. The van der Waals surface area contributed by atoms with E-state index in [1.807, 2.05) is 11.4 Å². The summed E-state index contributed by atoms with van der Waals surface area (Å²) >= 11 is 1.27. The van der Waals surface area contributed by atoms with E-state index in [1.165, 1.54) is 49.9 Å². The summed E-state index contributed by atoms with van der Waals surface area (Å²) in [7, 11) is 0. The molecule has 18 heavy (non-hydrogen) atoms. The van der Waals surface area contributed by atoms with Crippen LogP contribution < -0.4 is 5.32 Å². The lowest BCUT2D eigenvalue weighted by Crippen LogP contribution is -2.04. The zero-order chi connectivity index (χ0) is 13.2. The average molecular weight is 269 g/mol. The highest BCUT2D eigenvalue weighted by Gasteiger charge is 2.10. The van der Waals surface area contributed by atoms with Gasteiger partial charge in [0.15, 0.2) is 0 Å². The van der Waals surface area contributed by atoms with Crippen LogP contribution in [0.2, 0.25) is 0 Å². The van der Waals surface area contributed by atoms with E-state index < -0.39 is 5.97 Å². The van der Waals surface area contributed by atoms with Crippen LogP contribution in [0.1, 0.15) is 61.5 Å². The van der Waals surface area contributed by atoms with E-state index in [0.717, 1.165) is 18.7 Å². The van der Waals surface area contributed by atoms with Gasteiger partial charge in [-0.15, -0.1) is 11.3 Å². The molecule has 0 saturated heterocycles. The molecule has 0 fully saturated rings. The van der Waals surface area contributed by atoms with E-state index >= 15 is 0 Å². The van der Waals surface area contributed by atoms with Crippen molar-refractivity contribution >= 4 is 23.0 Å². The van der Waals surface area contributed by atoms with Crippen LogP contribution in [0.5, 0.6) is 0 Å².